The Kier molecular flexibility index (Phi) is 7.39. The molecule has 0 heterocycles. The van der Waals surface area contributed by atoms with Gasteiger partial charge in [0.05, 0.1) is 18.2 Å². The van der Waals surface area contributed by atoms with Crippen molar-refractivity contribution in [3.8, 4) is 11.8 Å². The second kappa shape index (κ2) is 10.6. The number of ether oxygens (including phenoxy) is 1. The largest absolute Gasteiger partial charge is 0.494 e. The van der Waals surface area contributed by atoms with E-state index in [2.05, 4.69) is 16.7 Å². The van der Waals surface area contributed by atoms with Gasteiger partial charge in [-0.15, -0.1) is 0 Å². The minimum absolute atomic E-state index is 0.115. The van der Waals surface area contributed by atoms with Crippen LogP contribution in [0.5, 0.6) is 5.75 Å². The van der Waals surface area contributed by atoms with E-state index in [0.29, 0.717) is 42.0 Å². The normalized spacial score (nSPS) is 10.1. The van der Waals surface area contributed by atoms with Crippen molar-refractivity contribution in [3.05, 3.63) is 89.5 Å². The van der Waals surface area contributed by atoms with Gasteiger partial charge in [-0.05, 0) is 79.6 Å². The van der Waals surface area contributed by atoms with Crippen LogP contribution in [0.3, 0.4) is 0 Å². The maximum atomic E-state index is 12.4. The summed E-state index contributed by atoms with van der Waals surface area (Å²) in [7, 11) is 0. The van der Waals surface area contributed by atoms with Crippen LogP contribution in [0, 0.1) is 11.3 Å². The lowest BCUT2D eigenvalue weighted by molar-refractivity contribution is -0.116. The molecule has 6 heteroatoms. The van der Waals surface area contributed by atoms with Gasteiger partial charge in [0.25, 0.3) is 5.91 Å². The Hall–Kier alpha value is -4.11. The highest BCUT2D eigenvalue weighted by molar-refractivity contribution is 6.04. The van der Waals surface area contributed by atoms with E-state index in [0.717, 1.165) is 11.3 Å². The van der Waals surface area contributed by atoms with Crippen LogP contribution >= 0.6 is 0 Å². The maximum absolute atomic E-state index is 12.4. The topological polar surface area (TPSA) is 91.2 Å². The number of nitriles is 1. The molecule has 0 atom stereocenters. The smallest absolute Gasteiger partial charge is 0.255 e. The number of rotatable bonds is 8. The molecule has 3 aromatic carbocycles. The molecule has 0 radical (unpaired) electrons. The first-order valence-corrected chi connectivity index (χ1v) is 10.0. The molecule has 6 nitrogen and oxygen atoms in total. The van der Waals surface area contributed by atoms with Crippen LogP contribution in [0.2, 0.25) is 0 Å². The summed E-state index contributed by atoms with van der Waals surface area (Å²) >= 11 is 0. The summed E-state index contributed by atoms with van der Waals surface area (Å²) in [5.41, 5.74) is 3.39. The molecule has 0 spiro atoms. The van der Waals surface area contributed by atoms with Crippen LogP contribution in [0.4, 0.5) is 11.4 Å². The summed E-state index contributed by atoms with van der Waals surface area (Å²) in [4.78, 5) is 24.6. The number of carbonyl (C=O) groups is 2. The van der Waals surface area contributed by atoms with E-state index in [4.69, 9.17) is 10.00 Å². The summed E-state index contributed by atoms with van der Waals surface area (Å²) in [5.74, 6) is 0.401. The van der Waals surface area contributed by atoms with Crippen LogP contribution in [-0.4, -0.2) is 18.4 Å². The number of aryl methyl sites for hydroxylation is 1. The Morgan fingerprint density at radius 3 is 2.10 bits per heavy atom. The third-order valence-electron chi connectivity index (χ3n) is 4.58. The highest BCUT2D eigenvalue weighted by Crippen LogP contribution is 2.17. The van der Waals surface area contributed by atoms with Gasteiger partial charge in [0.15, 0.2) is 0 Å². The highest BCUT2D eigenvalue weighted by Gasteiger charge is 2.08. The number of anilines is 2. The molecule has 3 aromatic rings. The fourth-order valence-corrected chi connectivity index (χ4v) is 2.94. The summed E-state index contributed by atoms with van der Waals surface area (Å²) < 4.78 is 5.39. The molecule has 3 rings (SSSR count). The van der Waals surface area contributed by atoms with Gasteiger partial charge in [-0.25, -0.2) is 0 Å². The first-order chi connectivity index (χ1) is 15.1. The van der Waals surface area contributed by atoms with E-state index in [1.807, 2.05) is 19.1 Å². The van der Waals surface area contributed by atoms with Crippen LogP contribution in [0.25, 0.3) is 0 Å². The number of carbonyl (C=O) groups excluding carboxylic acids is 2. The van der Waals surface area contributed by atoms with Gasteiger partial charge in [0.1, 0.15) is 5.75 Å². The zero-order chi connectivity index (χ0) is 22.1. The van der Waals surface area contributed by atoms with E-state index >= 15 is 0 Å². The molecule has 0 fully saturated rings. The van der Waals surface area contributed by atoms with E-state index < -0.39 is 0 Å². The second-order valence-corrected chi connectivity index (χ2v) is 6.85. The monoisotopic (exact) mass is 413 g/mol. The number of amides is 2. The van der Waals surface area contributed by atoms with Gasteiger partial charge >= 0.3 is 0 Å². The number of hydrogen-bond donors (Lipinski definition) is 2. The molecule has 0 aliphatic rings. The summed E-state index contributed by atoms with van der Waals surface area (Å²) in [5, 5.41) is 14.5. The molecule has 0 aliphatic heterocycles. The van der Waals surface area contributed by atoms with Gasteiger partial charge in [0.2, 0.25) is 5.91 Å². The van der Waals surface area contributed by atoms with Crippen molar-refractivity contribution < 1.29 is 14.3 Å². The molecule has 0 bridgehead atoms. The van der Waals surface area contributed by atoms with Crippen molar-refractivity contribution in [1.82, 2.24) is 0 Å². The molecular formula is C25H23N3O3. The van der Waals surface area contributed by atoms with Crippen LogP contribution in [0.15, 0.2) is 72.8 Å². The van der Waals surface area contributed by atoms with Crippen molar-refractivity contribution in [2.45, 2.75) is 19.8 Å². The molecule has 0 aromatic heterocycles. The van der Waals surface area contributed by atoms with Crippen LogP contribution in [0.1, 0.15) is 34.8 Å². The molecule has 156 valence electrons. The predicted molar refractivity (Wildman–Crippen MR) is 120 cm³/mol. The molecule has 0 saturated heterocycles. The zero-order valence-electron chi connectivity index (χ0n) is 17.2. The standard InChI is InChI=1S/C25H23N3O3/c1-2-31-23-14-12-22(13-15-23)28-25(30)20-8-10-21(11-9-20)27-24(29)16-7-18-3-5-19(17-26)6-4-18/h3-6,8-15H,2,7,16H2,1H3,(H,27,29)(H,28,30). The molecule has 0 unspecified atom stereocenters. The number of hydrogen-bond acceptors (Lipinski definition) is 4. The lowest BCUT2D eigenvalue weighted by atomic mass is 10.1. The third kappa shape index (κ3) is 6.44. The van der Waals surface area contributed by atoms with Crippen molar-refractivity contribution in [3.63, 3.8) is 0 Å². The van der Waals surface area contributed by atoms with E-state index in [-0.39, 0.29) is 11.8 Å². The molecule has 2 amide bonds. The molecular weight excluding hydrogens is 390 g/mol. The Bertz CT molecular complexity index is 1070. The van der Waals surface area contributed by atoms with Gasteiger partial charge in [0, 0.05) is 23.4 Å². The fraction of sp³-hybridized carbons (Fsp3) is 0.160. The summed E-state index contributed by atoms with van der Waals surface area (Å²) in [6, 6.07) is 23.2. The van der Waals surface area contributed by atoms with Gasteiger partial charge in [-0.2, -0.15) is 5.26 Å². The Morgan fingerprint density at radius 2 is 1.48 bits per heavy atom. The first kappa shape index (κ1) is 21.6. The molecule has 31 heavy (non-hydrogen) atoms. The van der Waals surface area contributed by atoms with Crippen LogP contribution in [-0.2, 0) is 11.2 Å². The van der Waals surface area contributed by atoms with Crippen molar-refractivity contribution in [2.24, 2.45) is 0 Å². The van der Waals surface area contributed by atoms with Crippen molar-refractivity contribution in [1.29, 1.82) is 5.26 Å². The lowest BCUT2D eigenvalue weighted by Crippen LogP contribution is -2.14. The Balaban J connectivity index is 1.49. The zero-order valence-corrected chi connectivity index (χ0v) is 17.2. The van der Waals surface area contributed by atoms with E-state index in [1.165, 1.54) is 0 Å². The van der Waals surface area contributed by atoms with Gasteiger partial charge in [-0.1, -0.05) is 12.1 Å². The number of nitrogens with one attached hydrogen (secondary N) is 2. The van der Waals surface area contributed by atoms with E-state index in [1.54, 1.807) is 60.7 Å². The number of benzene rings is 3. The van der Waals surface area contributed by atoms with E-state index in [9.17, 15) is 9.59 Å². The Labute approximate surface area is 181 Å². The SMILES string of the molecule is CCOc1ccc(NC(=O)c2ccc(NC(=O)CCc3ccc(C#N)cc3)cc2)cc1. The predicted octanol–water partition coefficient (Wildman–Crippen LogP) is 4.78. The minimum Gasteiger partial charge on any atom is -0.494 e. The summed E-state index contributed by atoms with van der Waals surface area (Å²) in [6.07, 6.45) is 0.909. The average Bonchev–Trinajstić information content (AvgIpc) is 2.80. The van der Waals surface area contributed by atoms with Gasteiger partial charge < -0.3 is 15.4 Å². The molecule has 0 saturated carbocycles. The fourth-order valence-electron chi connectivity index (χ4n) is 2.94. The highest BCUT2D eigenvalue weighted by atomic mass is 16.5. The first-order valence-electron chi connectivity index (χ1n) is 10.0. The molecule has 0 aliphatic carbocycles. The minimum atomic E-state index is -0.233. The second-order valence-electron chi connectivity index (χ2n) is 6.85. The van der Waals surface area contributed by atoms with Crippen molar-refractivity contribution in [2.75, 3.05) is 17.2 Å². The average molecular weight is 413 g/mol. The van der Waals surface area contributed by atoms with Crippen molar-refractivity contribution >= 4 is 23.2 Å². The van der Waals surface area contributed by atoms with Gasteiger partial charge in [-0.3, -0.25) is 9.59 Å². The number of nitrogens with zero attached hydrogens (tertiary/aromatic N) is 1. The molecule has 2 N–H and O–H groups in total. The van der Waals surface area contributed by atoms with Crippen LogP contribution < -0.4 is 15.4 Å². The third-order valence-corrected chi connectivity index (χ3v) is 4.58. The quantitative estimate of drug-likeness (QED) is 0.556. The maximum Gasteiger partial charge on any atom is 0.255 e. The Morgan fingerprint density at radius 1 is 0.871 bits per heavy atom. The summed E-state index contributed by atoms with van der Waals surface area (Å²) in [6.45, 7) is 2.50. The lowest BCUT2D eigenvalue weighted by Gasteiger charge is -2.09.